The van der Waals surface area contributed by atoms with Crippen molar-refractivity contribution in [3.63, 3.8) is 0 Å². The maximum absolute atomic E-state index is 11.8. The summed E-state index contributed by atoms with van der Waals surface area (Å²) in [5.41, 5.74) is 0.702. The van der Waals surface area contributed by atoms with Crippen LogP contribution >= 0.6 is 0 Å². The highest BCUT2D eigenvalue weighted by Crippen LogP contribution is 2.17. The number of amides is 2. The third-order valence-corrected chi connectivity index (χ3v) is 3.01. The fourth-order valence-corrected chi connectivity index (χ4v) is 1.45. The van der Waals surface area contributed by atoms with Crippen LogP contribution in [0.3, 0.4) is 0 Å². The number of hydrogen-bond donors (Lipinski definition) is 2. The highest BCUT2D eigenvalue weighted by molar-refractivity contribution is 5.89. The Labute approximate surface area is 120 Å². The van der Waals surface area contributed by atoms with Crippen molar-refractivity contribution in [2.75, 3.05) is 25.6 Å². The summed E-state index contributed by atoms with van der Waals surface area (Å²) in [4.78, 5) is 11.8. The number of methoxy groups -OCH3 is 1. The van der Waals surface area contributed by atoms with Gasteiger partial charge >= 0.3 is 6.03 Å². The molecule has 20 heavy (non-hydrogen) atoms. The third-order valence-electron chi connectivity index (χ3n) is 3.01. The lowest BCUT2D eigenvalue weighted by Gasteiger charge is -2.18. The molecule has 0 bridgehead atoms. The van der Waals surface area contributed by atoms with Gasteiger partial charge in [0.2, 0.25) is 0 Å². The van der Waals surface area contributed by atoms with Crippen LogP contribution < -0.4 is 15.4 Å². The van der Waals surface area contributed by atoms with Crippen molar-refractivity contribution in [1.29, 1.82) is 0 Å². The minimum Gasteiger partial charge on any atom is -0.491 e. The van der Waals surface area contributed by atoms with Crippen LogP contribution in [0, 0.1) is 5.92 Å². The molecule has 0 fully saturated rings. The molecule has 0 aromatic heterocycles. The molecule has 0 radical (unpaired) electrons. The van der Waals surface area contributed by atoms with E-state index in [9.17, 15) is 4.79 Å². The first-order chi connectivity index (χ1) is 9.52. The summed E-state index contributed by atoms with van der Waals surface area (Å²) in [6.45, 7) is 7.12. The van der Waals surface area contributed by atoms with Crippen LogP contribution in [0.25, 0.3) is 0 Å². The molecular formula is C15H24N2O3. The van der Waals surface area contributed by atoms with Gasteiger partial charge in [0.25, 0.3) is 0 Å². The third kappa shape index (κ3) is 5.93. The molecule has 1 rings (SSSR count). The van der Waals surface area contributed by atoms with Crippen LogP contribution in [0.2, 0.25) is 0 Å². The van der Waals surface area contributed by atoms with Crippen molar-refractivity contribution in [3.8, 4) is 5.75 Å². The van der Waals surface area contributed by atoms with Crippen molar-refractivity contribution in [2.45, 2.75) is 26.8 Å². The molecule has 5 nitrogen and oxygen atoms in total. The fourth-order valence-electron chi connectivity index (χ4n) is 1.45. The normalized spacial score (nSPS) is 12.1. The Kier molecular flexibility index (Phi) is 6.87. The van der Waals surface area contributed by atoms with E-state index in [0.29, 0.717) is 30.6 Å². The van der Waals surface area contributed by atoms with Gasteiger partial charge in [-0.05, 0) is 25.0 Å². The van der Waals surface area contributed by atoms with Crippen LogP contribution in [0.4, 0.5) is 10.5 Å². The van der Waals surface area contributed by atoms with Crippen LogP contribution in [-0.4, -0.2) is 32.4 Å². The predicted molar refractivity (Wildman–Crippen MR) is 80.3 cm³/mol. The molecule has 0 aliphatic rings. The van der Waals surface area contributed by atoms with Crippen molar-refractivity contribution in [2.24, 2.45) is 5.92 Å². The minimum atomic E-state index is -0.208. The summed E-state index contributed by atoms with van der Waals surface area (Å²) in [5.74, 6) is 1.10. The van der Waals surface area contributed by atoms with Gasteiger partial charge < -0.3 is 20.1 Å². The van der Waals surface area contributed by atoms with Crippen molar-refractivity contribution < 1.29 is 14.3 Å². The number of ether oxygens (including phenoxy) is 2. The standard InChI is InChI=1S/C15H24N2O3/c1-11(2)12(3)16-15(18)17-13-6-5-7-14(10-13)20-9-8-19-4/h5-7,10-12H,8-9H2,1-4H3,(H2,16,17,18). The lowest BCUT2D eigenvalue weighted by atomic mass is 10.1. The van der Waals surface area contributed by atoms with E-state index in [0.717, 1.165) is 0 Å². The van der Waals surface area contributed by atoms with Gasteiger partial charge in [0.1, 0.15) is 12.4 Å². The minimum absolute atomic E-state index is 0.121. The van der Waals surface area contributed by atoms with Gasteiger partial charge in [-0.2, -0.15) is 0 Å². The van der Waals surface area contributed by atoms with E-state index >= 15 is 0 Å². The molecule has 5 heteroatoms. The molecule has 0 saturated carbocycles. The number of hydrogen-bond acceptors (Lipinski definition) is 3. The molecule has 0 saturated heterocycles. The van der Waals surface area contributed by atoms with Crippen LogP contribution in [-0.2, 0) is 4.74 Å². The Morgan fingerprint density at radius 1 is 1.25 bits per heavy atom. The van der Waals surface area contributed by atoms with Gasteiger partial charge in [0, 0.05) is 24.9 Å². The van der Waals surface area contributed by atoms with Crippen LogP contribution in [0.15, 0.2) is 24.3 Å². The molecule has 2 N–H and O–H groups in total. The van der Waals surface area contributed by atoms with Gasteiger partial charge in [-0.3, -0.25) is 0 Å². The molecule has 1 unspecified atom stereocenters. The highest BCUT2D eigenvalue weighted by Gasteiger charge is 2.10. The molecule has 1 aromatic rings. The van der Waals surface area contributed by atoms with Crippen molar-refractivity contribution >= 4 is 11.7 Å². The smallest absolute Gasteiger partial charge is 0.319 e. The van der Waals surface area contributed by atoms with Crippen molar-refractivity contribution in [3.05, 3.63) is 24.3 Å². The van der Waals surface area contributed by atoms with Gasteiger partial charge in [0.05, 0.1) is 6.61 Å². The summed E-state index contributed by atoms with van der Waals surface area (Å²) in [6, 6.07) is 7.20. The average Bonchev–Trinajstić information content (AvgIpc) is 2.39. The number of carbonyl (C=O) groups excluding carboxylic acids is 1. The number of nitrogens with one attached hydrogen (secondary N) is 2. The first kappa shape index (κ1) is 16.3. The van der Waals surface area contributed by atoms with Gasteiger partial charge in [-0.25, -0.2) is 4.79 Å². The topological polar surface area (TPSA) is 59.6 Å². The second-order valence-electron chi connectivity index (χ2n) is 5.00. The molecule has 1 aromatic carbocycles. The quantitative estimate of drug-likeness (QED) is 0.755. The number of carbonyl (C=O) groups is 1. The number of benzene rings is 1. The molecule has 112 valence electrons. The largest absolute Gasteiger partial charge is 0.491 e. The second kappa shape index (κ2) is 8.43. The summed E-state index contributed by atoms with van der Waals surface area (Å²) in [5, 5.41) is 5.69. The molecule has 1 atom stereocenters. The van der Waals surface area contributed by atoms with Crippen LogP contribution in [0.5, 0.6) is 5.75 Å². The Morgan fingerprint density at radius 2 is 2.00 bits per heavy atom. The zero-order valence-corrected chi connectivity index (χ0v) is 12.6. The summed E-state index contributed by atoms with van der Waals surface area (Å²) >= 11 is 0. The number of rotatable bonds is 7. The first-order valence-corrected chi connectivity index (χ1v) is 6.82. The van der Waals surface area contributed by atoms with E-state index < -0.39 is 0 Å². The molecule has 0 aliphatic carbocycles. The zero-order chi connectivity index (χ0) is 15.0. The predicted octanol–water partition coefficient (Wildman–Crippen LogP) is 2.88. The van der Waals surface area contributed by atoms with E-state index in [-0.39, 0.29) is 12.1 Å². The molecule has 2 amide bonds. The van der Waals surface area contributed by atoms with Gasteiger partial charge in [-0.1, -0.05) is 19.9 Å². The van der Waals surface area contributed by atoms with E-state index in [2.05, 4.69) is 24.5 Å². The zero-order valence-electron chi connectivity index (χ0n) is 12.6. The summed E-state index contributed by atoms with van der Waals surface area (Å²) in [7, 11) is 1.63. The van der Waals surface area contributed by atoms with Crippen LogP contribution in [0.1, 0.15) is 20.8 Å². The fraction of sp³-hybridized carbons (Fsp3) is 0.533. The Bertz CT molecular complexity index is 421. The second-order valence-corrected chi connectivity index (χ2v) is 5.00. The van der Waals surface area contributed by atoms with E-state index in [1.807, 2.05) is 25.1 Å². The summed E-state index contributed by atoms with van der Waals surface area (Å²) < 4.78 is 10.4. The maximum Gasteiger partial charge on any atom is 0.319 e. The lowest BCUT2D eigenvalue weighted by Crippen LogP contribution is -2.38. The van der Waals surface area contributed by atoms with E-state index in [4.69, 9.17) is 9.47 Å². The Morgan fingerprint density at radius 3 is 2.65 bits per heavy atom. The number of urea groups is 1. The van der Waals surface area contributed by atoms with E-state index in [1.54, 1.807) is 13.2 Å². The lowest BCUT2D eigenvalue weighted by molar-refractivity contribution is 0.146. The van der Waals surface area contributed by atoms with E-state index in [1.165, 1.54) is 0 Å². The van der Waals surface area contributed by atoms with Crippen molar-refractivity contribution in [1.82, 2.24) is 5.32 Å². The molecule has 0 aliphatic heterocycles. The molecular weight excluding hydrogens is 256 g/mol. The first-order valence-electron chi connectivity index (χ1n) is 6.82. The van der Waals surface area contributed by atoms with Gasteiger partial charge in [0.15, 0.2) is 0 Å². The monoisotopic (exact) mass is 280 g/mol. The molecule has 0 heterocycles. The maximum atomic E-state index is 11.8. The summed E-state index contributed by atoms with van der Waals surface area (Å²) in [6.07, 6.45) is 0. The number of anilines is 1. The Balaban J connectivity index is 2.50. The van der Waals surface area contributed by atoms with Gasteiger partial charge in [-0.15, -0.1) is 0 Å². The Hall–Kier alpha value is -1.75. The highest BCUT2D eigenvalue weighted by atomic mass is 16.5. The molecule has 0 spiro atoms. The SMILES string of the molecule is COCCOc1cccc(NC(=O)NC(C)C(C)C)c1. The average molecular weight is 280 g/mol.